The Hall–Kier alpha value is -3.08. The number of phenols is 2. The topological polar surface area (TPSA) is 77.7 Å². The Morgan fingerprint density at radius 2 is 1.86 bits per heavy atom. The first-order chi connectivity index (χ1) is 10.2. The smallest absolute Gasteiger partial charge is 0.158 e. The second-order valence-corrected chi connectivity index (χ2v) is 4.50. The first-order valence-corrected chi connectivity index (χ1v) is 6.39. The second kappa shape index (κ2) is 5.50. The van der Waals surface area contributed by atoms with Gasteiger partial charge in [0.05, 0.1) is 17.4 Å². The number of para-hydroxylation sites is 1. The van der Waals surface area contributed by atoms with E-state index in [1.165, 1.54) is 12.1 Å². The number of fused-ring (bicyclic) bond motifs is 1. The molecule has 0 spiro atoms. The molecule has 0 saturated heterocycles. The lowest BCUT2D eigenvalue weighted by Crippen LogP contribution is -1.92. The van der Waals surface area contributed by atoms with Crippen molar-refractivity contribution in [2.24, 2.45) is 5.10 Å². The van der Waals surface area contributed by atoms with Crippen LogP contribution in [-0.2, 0) is 0 Å². The van der Waals surface area contributed by atoms with Crippen LogP contribution in [0.1, 0.15) is 5.56 Å². The van der Waals surface area contributed by atoms with E-state index in [9.17, 15) is 10.2 Å². The number of nitrogens with one attached hydrogen (secondary N) is 1. The molecule has 0 aliphatic rings. The molecular weight excluding hydrogens is 266 g/mol. The highest BCUT2D eigenvalue weighted by Crippen LogP contribution is 2.24. The van der Waals surface area contributed by atoms with E-state index < -0.39 is 0 Å². The average Bonchev–Trinajstić information content (AvgIpc) is 2.51. The maximum atomic E-state index is 9.42. The van der Waals surface area contributed by atoms with Crippen LogP contribution in [0.25, 0.3) is 10.9 Å². The van der Waals surface area contributed by atoms with Gasteiger partial charge in [0.1, 0.15) is 0 Å². The van der Waals surface area contributed by atoms with Gasteiger partial charge in [-0.1, -0.05) is 18.2 Å². The van der Waals surface area contributed by atoms with Crippen molar-refractivity contribution in [1.82, 2.24) is 4.98 Å². The largest absolute Gasteiger partial charge is 0.504 e. The lowest BCUT2D eigenvalue weighted by molar-refractivity contribution is 0.403. The third-order valence-corrected chi connectivity index (χ3v) is 3.03. The third-order valence-electron chi connectivity index (χ3n) is 3.03. The Labute approximate surface area is 121 Å². The Kier molecular flexibility index (Phi) is 3.39. The summed E-state index contributed by atoms with van der Waals surface area (Å²) in [6, 6.07) is 14.2. The molecule has 0 atom stereocenters. The summed E-state index contributed by atoms with van der Waals surface area (Å²) >= 11 is 0. The van der Waals surface area contributed by atoms with E-state index in [0.717, 1.165) is 16.6 Å². The van der Waals surface area contributed by atoms with E-state index in [1.54, 1.807) is 18.5 Å². The van der Waals surface area contributed by atoms with Crippen LogP contribution in [0, 0.1) is 0 Å². The van der Waals surface area contributed by atoms with Crippen molar-refractivity contribution in [1.29, 1.82) is 0 Å². The van der Waals surface area contributed by atoms with Gasteiger partial charge in [-0.2, -0.15) is 5.10 Å². The highest BCUT2D eigenvalue weighted by molar-refractivity contribution is 5.90. The molecule has 0 aliphatic heterocycles. The zero-order valence-electron chi connectivity index (χ0n) is 11.1. The Bertz CT molecular complexity index is 810. The van der Waals surface area contributed by atoms with Crippen LogP contribution in [0.3, 0.4) is 0 Å². The molecule has 2 aromatic carbocycles. The summed E-state index contributed by atoms with van der Waals surface area (Å²) in [6.07, 6.45) is 3.29. The minimum Gasteiger partial charge on any atom is -0.504 e. The van der Waals surface area contributed by atoms with Crippen molar-refractivity contribution < 1.29 is 10.2 Å². The standard InChI is InChI=1S/C16H13N3O2/c20-14-7-6-11(9-15(14)21)10-18-19-13-5-1-3-12-4-2-8-17-16(12)13/h1-10,19-21H/b18-10-. The number of anilines is 1. The van der Waals surface area contributed by atoms with Gasteiger partial charge in [0, 0.05) is 11.6 Å². The molecule has 0 bridgehead atoms. The first kappa shape index (κ1) is 12.9. The van der Waals surface area contributed by atoms with Gasteiger partial charge in [0.15, 0.2) is 11.5 Å². The lowest BCUT2D eigenvalue weighted by Gasteiger charge is -2.04. The van der Waals surface area contributed by atoms with E-state index in [2.05, 4.69) is 15.5 Å². The number of hydrazone groups is 1. The number of benzene rings is 2. The van der Waals surface area contributed by atoms with Crippen LogP contribution >= 0.6 is 0 Å². The fourth-order valence-electron chi connectivity index (χ4n) is 1.99. The van der Waals surface area contributed by atoms with Crippen molar-refractivity contribution in [3.8, 4) is 11.5 Å². The summed E-state index contributed by atoms with van der Waals surface area (Å²) < 4.78 is 0. The molecule has 3 rings (SSSR count). The van der Waals surface area contributed by atoms with Crippen molar-refractivity contribution in [2.75, 3.05) is 5.43 Å². The highest BCUT2D eigenvalue weighted by atomic mass is 16.3. The van der Waals surface area contributed by atoms with E-state index >= 15 is 0 Å². The molecule has 3 N–H and O–H groups in total. The van der Waals surface area contributed by atoms with Gasteiger partial charge in [-0.05, 0) is 35.9 Å². The monoisotopic (exact) mass is 279 g/mol. The fourth-order valence-corrected chi connectivity index (χ4v) is 1.99. The molecule has 5 heteroatoms. The molecular formula is C16H13N3O2. The van der Waals surface area contributed by atoms with E-state index in [-0.39, 0.29) is 11.5 Å². The number of pyridine rings is 1. The molecule has 0 amide bonds. The molecule has 21 heavy (non-hydrogen) atoms. The minimum absolute atomic E-state index is 0.154. The Morgan fingerprint density at radius 1 is 1.00 bits per heavy atom. The summed E-state index contributed by atoms with van der Waals surface area (Å²) in [7, 11) is 0. The van der Waals surface area contributed by atoms with Crippen molar-refractivity contribution >= 4 is 22.8 Å². The van der Waals surface area contributed by atoms with Crippen LogP contribution in [0.15, 0.2) is 59.8 Å². The zero-order chi connectivity index (χ0) is 14.7. The maximum absolute atomic E-state index is 9.42. The van der Waals surface area contributed by atoms with E-state index in [1.807, 2.05) is 30.3 Å². The molecule has 1 heterocycles. The lowest BCUT2D eigenvalue weighted by atomic mass is 10.2. The van der Waals surface area contributed by atoms with Gasteiger partial charge in [0.2, 0.25) is 0 Å². The van der Waals surface area contributed by atoms with Crippen LogP contribution in [-0.4, -0.2) is 21.4 Å². The van der Waals surface area contributed by atoms with E-state index in [0.29, 0.717) is 5.56 Å². The number of aromatic nitrogens is 1. The molecule has 0 saturated carbocycles. The SMILES string of the molecule is Oc1ccc(/C=N\Nc2cccc3cccnc23)cc1O. The molecule has 104 valence electrons. The Balaban J connectivity index is 1.83. The summed E-state index contributed by atoms with van der Waals surface area (Å²) in [5.41, 5.74) is 5.24. The number of hydrogen-bond donors (Lipinski definition) is 3. The van der Waals surface area contributed by atoms with Gasteiger partial charge in [-0.25, -0.2) is 0 Å². The van der Waals surface area contributed by atoms with Crippen LogP contribution in [0.4, 0.5) is 5.69 Å². The number of hydrogen-bond acceptors (Lipinski definition) is 5. The molecule has 3 aromatic rings. The molecule has 1 aromatic heterocycles. The predicted octanol–water partition coefficient (Wildman–Crippen LogP) is 3.09. The summed E-state index contributed by atoms with van der Waals surface area (Å²) in [4.78, 5) is 4.32. The highest BCUT2D eigenvalue weighted by Gasteiger charge is 2.00. The second-order valence-electron chi connectivity index (χ2n) is 4.50. The fraction of sp³-hybridized carbons (Fsp3) is 0. The summed E-state index contributed by atoms with van der Waals surface area (Å²) in [5, 5.41) is 23.8. The minimum atomic E-state index is -0.175. The zero-order valence-corrected chi connectivity index (χ0v) is 11.1. The van der Waals surface area contributed by atoms with Crippen LogP contribution in [0.2, 0.25) is 0 Å². The molecule has 0 unspecified atom stereocenters. The summed E-state index contributed by atoms with van der Waals surface area (Å²) in [5.74, 6) is -0.329. The van der Waals surface area contributed by atoms with Gasteiger partial charge in [0.25, 0.3) is 0 Å². The third kappa shape index (κ3) is 2.76. The molecule has 0 aliphatic carbocycles. The van der Waals surface area contributed by atoms with Gasteiger partial charge in [-0.3, -0.25) is 10.4 Å². The van der Waals surface area contributed by atoms with Crippen LogP contribution in [0.5, 0.6) is 11.5 Å². The predicted molar refractivity (Wildman–Crippen MR) is 82.7 cm³/mol. The van der Waals surface area contributed by atoms with Crippen molar-refractivity contribution in [2.45, 2.75) is 0 Å². The average molecular weight is 279 g/mol. The van der Waals surface area contributed by atoms with Crippen molar-refractivity contribution in [3.05, 3.63) is 60.3 Å². The first-order valence-electron chi connectivity index (χ1n) is 6.39. The van der Waals surface area contributed by atoms with Gasteiger partial charge < -0.3 is 10.2 Å². The van der Waals surface area contributed by atoms with Gasteiger partial charge in [-0.15, -0.1) is 0 Å². The number of aromatic hydroxyl groups is 2. The molecule has 0 fully saturated rings. The number of rotatable bonds is 3. The quantitative estimate of drug-likeness (QED) is 0.391. The number of phenolic OH excluding ortho intramolecular Hbond substituents is 2. The van der Waals surface area contributed by atoms with Crippen molar-refractivity contribution in [3.63, 3.8) is 0 Å². The van der Waals surface area contributed by atoms with Crippen LogP contribution < -0.4 is 5.43 Å². The van der Waals surface area contributed by atoms with E-state index in [4.69, 9.17) is 0 Å². The normalized spacial score (nSPS) is 11.0. The summed E-state index contributed by atoms with van der Waals surface area (Å²) in [6.45, 7) is 0. The molecule has 0 radical (unpaired) electrons. The molecule has 5 nitrogen and oxygen atoms in total. The number of nitrogens with zero attached hydrogens (tertiary/aromatic N) is 2. The Morgan fingerprint density at radius 3 is 2.71 bits per heavy atom. The van der Waals surface area contributed by atoms with Gasteiger partial charge >= 0.3 is 0 Å². The maximum Gasteiger partial charge on any atom is 0.158 e.